The van der Waals surface area contributed by atoms with Gasteiger partial charge < -0.3 is 4.90 Å². The van der Waals surface area contributed by atoms with E-state index in [4.69, 9.17) is 11.6 Å². The summed E-state index contributed by atoms with van der Waals surface area (Å²) in [5, 5.41) is 3.15. The Bertz CT molecular complexity index is 524. The Labute approximate surface area is 119 Å². The van der Waals surface area contributed by atoms with Gasteiger partial charge in [-0.1, -0.05) is 29.0 Å². The Morgan fingerprint density at radius 3 is 2.94 bits per heavy atom. The summed E-state index contributed by atoms with van der Waals surface area (Å²) < 4.78 is 0. The van der Waals surface area contributed by atoms with Gasteiger partial charge in [-0.15, -0.1) is 11.3 Å². The van der Waals surface area contributed by atoms with Crippen LogP contribution in [0.5, 0.6) is 0 Å². The molecule has 2 heterocycles. The molecule has 0 amide bonds. The summed E-state index contributed by atoms with van der Waals surface area (Å²) in [6, 6.07) is 4.49. The largest absolute Gasteiger partial charge is 0.348 e. The van der Waals surface area contributed by atoms with Gasteiger partial charge in [0.05, 0.1) is 0 Å². The Kier molecular flexibility index (Phi) is 4.37. The molecule has 2 aromatic heterocycles. The van der Waals surface area contributed by atoms with Crippen LogP contribution in [0.2, 0.25) is 5.15 Å². The lowest BCUT2D eigenvalue weighted by Crippen LogP contribution is -2.30. The molecule has 0 aliphatic rings. The summed E-state index contributed by atoms with van der Waals surface area (Å²) >= 11 is 8.96. The first-order chi connectivity index (χ1) is 8.61. The lowest BCUT2D eigenvalue weighted by atomic mass is 10.2. The first-order valence-electron chi connectivity index (χ1n) is 5.48. The molecule has 0 spiro atoms. The van der Waals surface area contributed by atoms with Crippen molar-refractivity contribution in [2.24, 2.45) is 0 Å². The first-order valence-corrected chi connectivity index (χ1v) is 7.56. The molecule has 0 aliphatic carbocycles. The van der Waals surface area contributed by atoms with Gasteiger partial charge in [-0.05, 0) is 18.4 Å². The van der Waals surface area contributed by atoms with Crippen LogP contribution >= 0.6 is 34.3 Å². The number of carbonyl (C=O) groups excluding carboxylic acids is 1. The van der Waals surface area contributed by atoms with Crippen LogP contribution in [0.15, 0.2) is 17.5 Å². The molecule has 1 atom stereocenters. The molecule has 0 aromatic carbocycles. The van der Waals surface area contributed by atoms with Gasteiger partial charge in [0, 0.05) is 24.4 Å². The molecule has 2 rings (SSSR count). The highest BCUT2D eigenvalue weighted by Gasteiger charge is 2.17. The second-order valence-electron chi connectivity index (χ2n) is 4.01. The minimum atomic E-state index is 0.292. The van der Waals surface area contributed by atoms with Crippen LogP contribution in [0.4, 0.5) is 5.13 Å². The van der Waals surface area contributed by atoms with Crippen molar-refractivity contribution >= 4 is 45.7 Å². The molecule has 96 valence electrons. The van der Waals surface area contributed by atoms with Crippen LogP contribution in [0.1, 0.15) is 21.5 Å². The highest BCUT2D eigenvalue weighted by molar-refractivity contribution is 7.17. The Balaban J connectivity index is 2.09. The van der Waals surface area contributed by atoms with Crippen molar-refractivity contribution in [3.8, 4) is 0 Å². The van der Waals surface area contributed by atoms with Crippen molar-refractivity contribution in [3.63, 3.8) is 0 Å². The SMILES string of the molecule is CC(Cc1cccs1)N(C)c1nc(Cl)c(C=O)s1. The Morgan fingerprint density at radius 2 is 2.39 bits per heavy atom. The quantitative estimate of drug-likeness (QED) is 0.789. The molecule has 18 heavy (non-hydrogen) atoms. The molecule has 0 N–H and O–H groups in total. The van der Waals surface area contributed by atoms with E-state index in [0.29, 0.717) is 16.1 Å². The number of anilines is 1. The monoisotopic (exact) mass is 300 g/mol. The fourth-order valence-corrected chi connectivity index (χ4v) is 3.52. The van der Waals surface area contributed by atoms with Crippen LogP contribution in [-0.4, -0.2) is 24.4 Å². The number of thiophene rings is 1. The topological polar surface area (TPSA) is 33.2 Å². The summed E-state index contributed by atoms with van der Waals surface area (Å²) in [6.45, 7) is 2.13. The summed E-state index contributed by atoms with van der Waals surface area (Å²) in [5.74, 6) is 0. The van der Waals surface area contributed by atoms with Crippen LogP contribution in [0.3, 0.4) is 0 Å². The smallest absolute Gasteiger partial charge is 0.187 e. The van der Waals surface area contributed by atoms with E-state index in [9.17, 15) is 4.79 Å². The number of aromatic nitrogens is 1. The number of carbonyl (C=O) groups is 1. The zero-order valence-electron chi connectivity index (χ0n) is 10.1. The van der Waals surface area contributed by atoms with Gasteiger partial charge in [0.1, 0.15) is 4.88 Å². The number of halogens is 1. The van der Waals surface area contributed by atoms with Crippen molar-refractivity contribution in [2.75, 3.05) is 11.9 Å². The molecule has 6 heteroatoms. The average molecular weight is 301 g/mol. The van der Waals surface area contributed by atoms with Crippen LogP contribution in [-0.2, 0) is 6.42 Å². The van der Waals surface area contributed by atoms with Gasteiger partial charge in [-0.25, -0.2) is 4.98 Å². The predicted octanol–water partition coefficient (Wildman–Crippen LogP) is 3.74. The van der Waals surface area contributed by atoms with Crippen LogP contribution in [0, 0.1) is 0 Å². The molecule has 0 radical (unpaired) electrons. The molecule has 3 nitrogen and oxygen atoms in total. The number of aldehydes is 1. The third-order valence-corrected chi connectivity index (χ3v) is 5.12. The summed E-state index contributed by atoms with van der Waals surface area (Å²) in [4.78, 5) is 18.9. The van der Waals surface area contributed by atoms with E-state index in [2.05, 4.69) is 34.3 Å². The minimum Gasteiger partial charge on any atom is -0.348 e. The second-order valence-corrected chi connectivity index (χ2v) is 6.41. The first kappa shape index (κ1) is 13.5. The molecular weight excluding hydrogens is 288 g/mol. The average Bonchev–Trinajstić information content (AvgIpc) is 2.97. The van der Waals surface area contributed by atoms with Gasteiger partial charge in [-0.2, -0.15) is 0 Å². The fourth-order valence-electron chi connectivity index (χ4n) is 1.57. The zero-order chi connectivity index (χ0) is 13.1. The van der Waals surface area contributed by atoms with Crippen LogP contribution in [0.25, 0.3) is 0 Å². The van der Waals surface area contributed by atoms with Gasteiger partial charge >= 0.3 is 0 Å². The van der Waals surface area contributed by atoms with Gasteiger partial charge in [0.15, 0.2) is 16.6 Å². The van der Waals surface area contributed by atoms with E-state index in [-0.39, 0.29) is 0 Å². The lowest BCUT2D eigenvalue weighted by Gasteiger charge is -2.23. The van der Waals surface area contributed by atoms with Crippen molar-refractivity contribution < 1.29 is 4.79 Å². The normalized spacial score (nSPS) is 12.4. The number of rotatable bonds is 5. The summed E-state index contributed by atoms with van der Waals surface area (Å²) in [7, 11) is 1.97. The number of likely N-dealkylation sites (N-methyl/N-ethyl adjacent to an activating group) is 1. The standard InChI is InChI=1S/C12H13ClN2OS2/c1-8(6-9-4-3-5-17-9)15(2)12-14-11(13)10(7-16)18-12/h3-5,7-8H,6H2,1-2H3. The molecule has 2 aromatic rings. The van der Waals surface area contributed by atoms with Gasteiger partial charge in [0.25, 0.3) is 0 Å². The van der Waals surface area contributed by atoms with E-state index < -0.39 is 0 Å². The van der Waals surface area contributed by atoms with Crippen molar-refractivity contribution in [2.45, 2.75) is 19.4 Å². The van der Waals surface area contributed by atoms with E-state index in [1.54, 1.807) is 11.3 Å². The third-order valence-electron chi connectivity index (χ3n) is 2.74. The van der Waals surface area contributed by atoms with Crippen molar-refractivity contribution in [1.29, 1.82) is 0 Å². The Hall–Kier alpha value is -0.910. The maximum atomic E-state index is 10.8. The number of hydrogen-bond donors (Lipinski definition) is 0. The number of nitrogens with zero attached hydrogens (tertiary/aromatic N) is 2. The molecular formula is C12H13ClN2OS2. The second kappa shape index (κ2) is 5.82. The van der Waals surface area contributed by atoms with E-state index in [0.717, 1.165) is 17.8 Å². The van der Waals surface area contributed by atoms with E-state index >= 15 is 0 Å². The zero-order valence-corrected chi connectivity index (χ0v) is 12.5. The minimum absolute atomic E-state index is 0.292. The van der Waals surface area contributed by atoms with Crippen LogP contribution < -0.4 is 4.90 Å². The highest BCUT2D eigenvalue weighted by Crippen LogP contribution is 2.29. The summed E-state index contributed by atoms with van der Waals surface area (Å²) in [5.41, 5.74) is 0. The molecule has 1 unspecified atom stereocenters. The van der Waals surface area contributed by atoms with E-state index in [1.807, 2.05) is 7.05 Å². The predicted molar refractivity (Wildman–Crippen MR) is 78.4 cm³/mol. The molecule has 0 saturated heterocycles. The van der Waals surface area contributed by atoms with Crippen molar-refractivity contribution in [3.05, 3.63) is 32.4 Å². The molecule has 0 saturated carbocycles. The maximum absolute atomic E-state index is 10.8. The maximum Gasteiger partial charge on any atom is 0.187 e. The highest BCUT2D eigenvalue weighted by atomic mass is 35.5. The number of hydrogen-bond acceptors (Lipinski definition) is 5. The number of thiazole rings is 1. The lowest BCUT2D eigenvalue weighted by molar-refractivity contribution is 0.112. The molecule has 0 fully saturated rings. The fraction of sp³-hybridized carbons (Fsp3) is 0.333. The van der Waals surface area contributed by atoms with Crippen molar-refractivity contribution in [1.82, 2.24) is 4.98 Å². The third kappa shape index (κ3) is 2.91. The Morgan fingerprint density at radius 1 is 1.61 bits per heavy atom. The van der Waals surface area contributed by atoms with Gasteiger partial charge in [-0.3, -0.25) is 4.79 Å². The van der Waals surface area contributed by atoms with E-state index in [1.165, 1.54) is 16.2 Å². The van der Waals surface area contributed by atoms with Gasteiger partial charge in [0.2, 0.25) is 0 Å². The summed E-state index contributed by atoms with van der Waals surface area (Å²) in [6.07, 6.45) is 1.71. The molecule has 0 aliphatic heterocycles. The molecule has 0 bridgehead atoms.